The van der Waals surface area contributed by atoms with Crippen LogP contribution in [0.1, 0.15) is 15.9 Å². The summed E-state index contributed by atoms with van der Waals surface area (Å²) in [4.78, 5) is 11.4. The normalized spacial score (nSPS) is 14.7. The van der Waals surface area contributed by atoms with Crippen molar-refractivity contribution in [3.8, 4) is 5.75 Å². The summed E-state index contributed by atoms with van der Waals surface area (Å²) in [7, 11) is 1.63. The van der Waals surface area contributed by atoms with E-state index in [2.05, 4.69) is 10.6 Å². The predicted molar refractivity (Wildman–Crippen MR) is 57.0 cm³/mol. The van der Waals surface area contributed by atoms with Crippen molar-refractivity contribution in [2.75, 3.05) is 20.2 Å². The van der Waals surface area contributed by atoms with Crippen molar-refractivity contribution >= 4 is 5.91 Å². The molecule has 0 radical (unpaired) electrons. The van der Waals surface area contributed by atoms with Gasteiger partial charge in [-0.15, -0.1) is 0 Å². The molecule has 0 aliphatic carbocycles. The maximum absolute atomic E-state index is 11.4. The summed E-state index contributed by atoms with van der Waals surface area (Å²) in [6, 6.07) is 5.50. The van der Waals surface area contributed by atoms with Gasteiger partial charge in [-0.25, -0.2) is 0 Å². The van der Waals surface area contributed by atoms with E-state index in [9.17, 15) is 4.79 Å². The van der Waals surface area contributed by atoms with Gasteiger partial charge in [-0.05, 0) is 18.2 Å². The molecular formula is C11H14N2O2. The quantitative estimate of drug-likeness (QED) is 0.704. The summed E-state index contributed by atoms with van der Waals surface area (Å²) >= 11 is 0. The highest BCUT2D eigenvalue weighted by atomic mass is 16.5. The smallest absolute Gasteiger partial charge is 0.251 e. The number of ether oxygens (including phenoxy) is 1. The third-order valence-electron chi connectivity index (χ3n) is 2.40. The van der Waals surface area contributed by atoms with Gasteiger partial charge >= 0.3 is 0 Å². The van der Waals surface area contributed by atoms with Crippen LogP contribution in [0.5, 0.6) is 5.75 Å². The summed E-state index contributed by atoms with van der Waals surface area (Å²) < 4.78 is 5.52. The number of nitrogens with one attached hydrogen (secondary N) is 2. The van der Waals surface area contributed by atoms with Crippen molar-refractivity contribution in [1.82, 2.24) is 10.6 Å². The van der Waals surface area contributed by atoms with Gasteiger partial charge in [0.05, 0.1) is 0 Å². The van der Waals surface area contributed by atoms with Crippen molar-refractivity contribution in [2.24, 2.45) is 0 Å². The van der Waals surface area contributed by atoms with E-state index in [1.54, 1.807) is 13.1 Å². The average molecular weight is 206 g/mol. The maximum Gasteiger partial charge on any atom is 0.251 e. The van der Waals surface area contributed by atoms with Crippen molar-refractivity contribution < 1.29 is 9.53 Å². The Balaban J connectivity index is 2.31. The SMILES string of the molecule is CNC(=O)c1ccc2c(c1)CNCCO2. The fourth-order valence-electron chi connectivity index (χ4n) is 1.60. The van der Waals surface area contributed by atoms with Gasteiger partial charge in [-0.2, -0.15) is 0 Å². The molecule has 0 bridgehead atoms. The molecule has 4 nitrogen and oxygen atoms in total. The highest BCUT2D eigenvalue weighted by Crippen LogP contribution is 2.21. The maximum atomic E-state index is 11.4. The van der Waals surface area contributed by atoms with E-state index < -0.39 is 0 Å². The number of hydrogen-bond acceptors (Lipinski definition) is 3. The summed E-state index contributed by atoms with van der Waals surface area (Å²) in [6.45, 7) is 2.26. The Bertz CT molecular complexity index is 377. The van der Waals surface area contributed by atoms with Crippen molar-refractivity contribution in [3.63, 3.8) is 0 Å². The van der Waals surface area contributed by atoms with E-state index >= 15 is 0 Å². The molecule has 1 heterocycles. The minimum Gasteiger partial charge on any atom is -0.492 e. The lowest BCUT2D eigenvalue weighted by Crippen LogP contribution is -2.18. The molecule has 0 unspecified atom stereocenters. The lowest BCUT2D eigenvalue weighted by molar-refractivity contribution is 0.0963. The Morgan fingerprint density at radius 1 is 1.53 bits per heavy atom. The molecule has 0 aromatic heterocycles. The van der Waals surface area contributed by atoms with Crippen LogP contribution in [0.15, 0.2) is 18.2 Å². The topological polar surface area (TPSA) is 50.4 Å². The molecule has 0 saturated carbocycles. The third-order valence-corrected chi connectivity index (χ3v) is 2.40. The van der Waals surface area contributed by atoms with Crippen LogP contribution < -0.4 is 15.4 Å². The molecule has 0 atom stereocenters. The Kier molecular flexibility index (Phi) is 2.87. The molecule has 0 fully saturated rings. The number of rotatable bonds is 1. The third kappa shape index (κ3) is 2.10. The van der Waals surface area contributed by atoms with Crippen molar-refractivity contribution in [1.29, 1.82) is 0 Å². The largest absolute Gasteiger partial charge is 0.492 e. The van der Waals surface area contributed by atoms with Crippen LogP contribution in [0.2, 0.25) is 0 Å². The number of carbonyl (C=O) groups excluding carboxylic acids is 1. The Morgan fingerprint density at radius 2 is 2.40 bits per heavy atom. The highest BCUT2D eigenvalue weighted by Gasteiger charge is 2.11. The average Bonchev–Trinajstić information content (AvgIpc) is 2.51. The van der Waals surface area contributed by atoms with Gasteiger partial charge in [0, 0.05) is 31.3 Å². The van der Waals surface area contributed by atoms with Crippen LogP contribution in [0, 0.1) is 0 Å². The number of carbonyl (C=O) groups is 1. The highest BCUT2D eigenvalue weighted by molar-refractivity contribution is 5.94. The Hall–Kier alpha value is -1.55. The minimum atomic E-state index is -0.0675. The number of hydrogen-bond donors (Lipinski definition) is 2. The van der Waals surface area contributed by atoms with Gasteiger partial charge < -0.3 is 15.4 Å². The van der Waals surface area contributed by atoms with Crippen LogP contribution in [0.25, 0.3) is 0 Å². The molecule has 2 rings (SSSR count). The van der Waals surface area contributed by atoms with E-state index in [1.807, 2.05) is 12.1 Å². The first kappa shape index (κ1) is 9.98. The summed E-state index contributed by atoms with van der Waals surface area (Å²) in [5.74, 6) is 0.801. The second-order valence-electron chi connectivity index (χ2n) is 3.43. The standard InChI is InChI=1S/C11H14N2O2/c1-12-11(14)8-2-3-10-9(6-8)7-13-4-5-15-10/h2-3,6,13H,4-5,7H2,1H3,(H,12,14). The number of fused-ring (bicyclic) bond motifs is 1. The number of amides is 1. The molecule has 80 valence electrons. The lowest BCUT2D eigenvalue weighted by Gasteiger charge is -2.07. The monoisotopic (exact) mass is 206 g/mol. The minimum absolute atomic E-state index is 0.0675. The summed E-state index contributed by atoms with van der Waals surface area (Å²) in [6.07, 6.45) is 0. The van der Waals surface area contributed by atoms with E-state index in [-0.39, 0.29) is 5.91 Å². The van der Waals surface area contributed by atoms with E-state index in [1.165, 1.54) is 0 Å². The second-order valence-corrected chi connectivity index (χ2v) is 3.43. The summed E-state index contributed by atoms with van der Waals surface area (Å²) in [5.41, 5.74) is 1.71. The molecule has 0 saturated heterocycles. The fourth-order valence-corrected chi connectivity index (χ4v) is 1.60. The van der Waals surface area contributed by atoms with Gasteiger partial charge in [0.15, 0.2) is 0 Å². The van der Waals surface area contributed by atoms with Crippen molar-refractivity contribution in [3.05, 3.63) is 29.3 Å². The first-order chi connectivity index (χ1) is 7.31. The molecule has 0 spiro atoms. The molecular weight excluding hydrogens is 192 g/mol. The van der Waals surface area contributed by atoms with Crippen LogP contribution in [-0.2, 0) is 6.54 Å². The fraction of sp³-hybridized carbons (Fsp3) is 0.364. The van der Waals surface area contributed by atoms with Crippen LogP contribution in [0.3, 0.4) is 0 Å². The molecule has 15 heavy (non-hydrogen) atoms. The number of benzene rings is 1. The van der Waals surface area contributed by atoms with E-state index in [0.29, 0.717) is 12.2 Å². The molecule has 4 heteroatoms. The molecule has 1 aliphatic rings. The second kappa shape index (κ2) is 4.31. The Labute approximate surface area is 88.6 Å². The van der Waals surface area contributed by atoms with Crippen LogP contribution >= 0.6 is 0 Å². The van der Waals surface area contributed by atoms with Crippen molar-refractivity contribution in [2.45, 2.75) is 6.54 Å². The zero-order chi connectivity index (χ0) is 10.7. The predicted octanol–water partition coefficient (Wildman–Crippen LogP) is 0.528. The molecule has 1 aromatic rings. The van der Waals surface area contributed by atoms with E-state index in [4.69, 9.17) is 4.74 Å². The van der Waals surface area contributed by atoms with Gasteiger partial charge in [0.1, 0.15) is 12.4 Å². The van der Waals surface area contributed by atoms with Gasteiger partial charge in [0.2, 0.25) is 0 Å². The Morgan fingerprint density at radius 3 is 3.20 bits per heavy atom. The van der Waals surface area contributed by atoms with Gasteiger partial charge in [0.25, 0.3) is 5.91 Å². The lowest BCUT2D eigenvalue weighted by atomic mass is 10.1. The molecule has 1 aliphatic heterocycles. The first-order valence-corrected chi connectivity index (χ1v) is 5.00. The zero-order valence-electron chi connectivity index (χ0n) is 8.67. The van der Waals surface area contributed by atoms with Crippen LogP contribution in [0.4, 0.5) is 0 Å². The zero-order valence-corrected chi connectivity index (χ0v) is 8.67. The van der Waals surface area contributed by atoms with Crippen LogP contribution in [-0.4, -0.2) is 26.1 Å². The first-order valence-electron chi connectivity index (χ1n) is 5.00. The summed E-state index contributed by atoms with van der Waals surface area (Å²) in [5, 5.41) is 5.83. The van der Waals surface area contributed by atoms with Gasteiger partial charge in [-0.1, -0.05) is 0 Å². The molecule has 1 amide bonds. The molecule has 2 N–H and O–H groups in total. The van der Waals surface area contributed by atoms with Gasteiger partial charge in [-0.3, -0.25) is 4.79 Å². The van der Waals surface area contributed by atoms with E-state index in [0.717, 1.165) is 24.4 Å². The molecule has 1 aromatic carbocycles.